The maximum absolute atomic E-state index is 13.4. The Kier molecular flexibility index (Phi) is 7.90. The third-order valence-electron chi connectivity index (χ3n) is 5.70. The van der Waals surface area contributed by atoms with Crippen LogP contribution in [0.1, 0.15) is 28.9 Å². The summed E-state index contributed by atoms with van der Waals surface area (Å²) in [5, 5.41) is 13.9. The van der Waals surface area contributed by atoms with E-state index >= 15 is 0 Å². The highest BCUT2D eigenvalue weighted by atomic mass is 32.2. The van der Waals surface area contributed by atoms with Gasteiger partial charge in [0, 0.05) is 18.7 Å². The average molecular weight is 580 g/mol. The molecule has 0 aliphatic rings. The number of hydrogen-bond donors (Lipinski definition) is 4. The molecule has 0 fully saturated rings. The minimum absolute atomic E-state index is 0.0560. The first-order valence-corrected chi connectivity index (χ1v) is 13.0. The molecule has 0 saturated carbocycles. The number of sulfonamides is 1. The molecule has 2 heterocycles. The molecule has 12 nitrogen and oxygen atoms in total. The van der Waals surface area contributed by atoms with E-state index in [1.54, 1.807) is 24.8 Å². The van der Waals surface area contributed by atoms with Crippen molar-refractivity contribution in [3.63, 3.8) is 0 Å². The second-order valence-corrected chi connectivity index (χ2v) is 10.1. The van der Waals surface area contributed by atoms with E-state index in [4.69, 9.17) is 15.2 Å². The summed E-state index contributed by atoms with van der Waals surface area (Å²) in [6.07, 6.45) is -0.767. The largest absolute Gasteiger partial charge is 0.484 e. The van der Waals surface area contributed by atoms with Gasteiger partial charge >= 0.3 is 5.76 Å². The number of H-pyrrole nitrogens is 1. The highest BCUT2D eigenvalue weighted by Gasteiger charge is 2.27. The summed E-state index contributed by atoms with van der Waals surface area (Å²) in [5.41, 5.74) is 6.08. The van der Waals surface area contributed by atoms with Crippen molar-refractivity contribution in [2.75, 3.05) is 17.1 Å². The van der Waals surface area contributed by atoms with Gasteiger partial charge in [-0.1, -0.05) is 18.2 Å². The highest BCUT2D eigenvalue weighted by Crippen LogP contribution is 2.37. The number of primary amides is 1. The standard InChI is InChI=1S/C24H24F3N7O5S/c1-12(13-4-7-15(25)8-5-13)39-17-10-14(6-9-16(17)33-40(36,37)24(26)27)21-20(22(28)35)23(31-30-21)29-18-11-19(38-3)34(2)32-18/h4-12,24,33H,1-3H3,(H2,28,35)(H2,29,30,31,32). The topological polar surface area (TPSA) is 166 Å². The number of nitrogens with two attached hydrogens (primary N) is 1. The Labute approximate surface area is 226 Å². The van der Waals surface area contributed by atoms with Crippen LogP contribution in [-0.4, -0.2) is 47.2 Å². The number of methoxy groups -OCH3 is 1. The van der Waals surface area contributed by atoms with E-state index in [0.717, 1.165) is 0 Å². The van der Waals surface area contributed by atoms with Crippen LogP contribution in [0.15, 0.2) is 48.5 Å². The minimum Gasteiger partial charge on any atom is -0.484 e. The lowest BCUT2D eigenvalue weighted by molar-refractivity contribution is 0.100. The molecule has 212 valence electrons. The second-order valence-electron chi connectivity index (χ2n) is 8.44. The van der Waals surface area contributed by atoms with Gasteiger partial charge in [0.05, 0.1) is 12.8 Å². The number of hydrogen-bond acceptors (Lipinski definition) is 8. The monoisotopic (exact) mass is 579 g/mol. The van der Waals surface area contributed by atoms with Crippen molar-refractivity contribution in [1.29, 1.82) is 0 Å². The first kappa shape index (κ1) is 28.3. The van der Waals surface area contributed by atoms with Crippen LogP contribution in [0, 0.1) is 5.82 Å². The Bertz CT molecular complexity index is 1640. The van der Waals surface area contributed by atoms with E-state index in [2.05, 4.69) is 20.6 Å². The lowest BCUT2D eigenvalue weighted by Crippen LogP contribution is -2.21. The molecule has 1 unspecified atom stereocenters. The average Bonchev–Trinajstić information content (AvgIpc) is 3.48. The third kappa shape index (κ3) is 5.96. The molecule has 1 amide bonds. The smallest absolute Gasteiger partial charge is 0.355 e. The van der Waals surface area contributed by atoms with Crippen molar-refractivity contribution in [3.8, 4) is 22.9 Å². The van der Waals surface area contributed by atoms with Gasteiger partial charge in [-0.05, 0) is 36.8 Å². The second kappa shape index (κ2) is 11.2. The number of aromatic nitrogens is 4. The lowest BCUT2D eigenvalue weighted by atomic mass is 10.1. The van der Waals surface area contributed by atoms with Crippen molar-refractivity contribution < 1.29 is 35.9 Å². The summed E-state index contributed by atoms with van der Waals surface area (Å²) in [7, 11) is -1.94. The van der Waals surface area contributed by atoms with Gasteiger partial charge in [0.2, 0.25) is 5.88 Å². The molecule has 1 atom stereocenters. The number of carbonyl (C=O) groups is 1. The zero-order valence-corrected chi connectivity index (χ0v) is 22.1. The first-order valence-electron chi connectivity index (χ1n) is 11.5. The maximum atomic E-state index is 13.4. The number of anilines is 3. The summed E-state index contributed by atoms with van der Waals surface area (Å²) in [5.74, 6) is -4.36. The minimum atomic E-state index is -5.05. The molecule has 16 heteroatoms. The van der Waals surface area contributed by atoms with Crippen molar-refractivity contribution >= 4 is 33.3 Å². The molecule has 0 bridgehead atoms. The fraction of sp³-hybridized carbons (Fsp3) is 0.208. The number of nitrogens with zero attached hydrogens (tertiary/aromatic N) is 3. The number of halogens is 3. The lowest BCUT2D eigenvalue weighted by Gasteiger charge is -2.19. The molecule has 0 saturated heterocycles. The molecule has 5 N–H and O–H groups in total. The van der Waals surface area contributed by atoms with Crippen LogP contribution in [0.5, 0.6) is 11.6 Å². The SMILES string of the molecule is COc1cc(Nc2[nH]nc(-c3ccc(NS(=O)(=O)C(F)F)c(OC(C)c4ccc(F)cc4)c3)c2C(N)=O)nn1C. The van der Waals surface area contributed by atoms with Crippen LogP contribution in [0.3, 0.4) is 0 Å². The molecule has 2 aromatic carbocycles. The van der Waals surface area contributed by atoms with Gasteiger partial charge in [0.15, 0.2) is 5.82 Å². The summed E-state index contributed by atoms with van der Waals surface area (Å²) in [6, 6.07) is 10.7. The molecule has 2 aromatic heterocycles. The van der Waals surface area contributed by atoms with Crippen LogP contribution in [0.4, 0.5) is 30.5 Å². The molecule has 4 rings (SSSR count). The molecule has 0 aliphatic carbocycles. The number of benzene rings is 2. The quantitative estimate of drug-likeness (QED) is 0.208. The zero-order valence-electron chi connectivity index (χ0n) is 21.3. The summed E-state index contributed by atoms with van der Waals surface area (Å²) < 4.78 is 77.7. The number of carbonyl (C=O) groups excluding carboxylic acids is 1. The van der Waals surface area contributed by atoms with E-state index in [9.17, 15) is 26.4 Å². The van der Waals surface area contributed by atoms with Crippen LogP contribution in [0.2, 0.25) is 0 Å². The van der Waals surface area contributed by atoms with E-state index < -0.39 is 33.6 Å². The molecular formula is C24H24F3N7O5S. The fourth-order valence-electron chi connectivity index (χ4n) is 3.75. The normalized spacial score (nSPS) is 12.3. The molecule has 0 aliphatic heterocycles. The third-order valence-corrected chi connectivity index (χ3v) is 6.67. The van der Waals surface area contributed by atoms with Gasteiger partial charge in [-0.15, -0.1) is 0 Å². The maximum Gasteiger partial charge on any atom is 0.355 e. The van der Waals surface area contributed by atoms with Gasteiger partial charge in [-0.25, -0.2) is 17.5 Å². The number of amides is 1. The zero-order chi connectivity index (χ0) is 29.2. The van der Waals surface area contributed by atoms with E-state index in [0.29, 0.717) is 17.3 Å². The Hall–Kier alpha value is -4.73. The fourth-order valence-corrected chi connectivity index (χ4v) is 4.32. The van der Waals surface area contributed by atoms with Gasteiger partial charge < -0.3 is 20.5 Å². The number of aryl methyl sites for hydroxylation is 1. The van der Waals surface area contributed by atoms with Crippen molar-refractivity contribution in [3.05, 3.63) is 65.5 Å². The van der Waals surface area contributed by atoms with E-state index in [1.165, 1.54) is 54.3 Å². The van der Waals surface area contributed by atoms with Crippen LogP contribution in [-0.2, 0) is 17.1 Å². The highest BCUT2D eigenvalue weighted by molar-refractivity contribution is 7.93. The number of ether oxygens (including phenoxy) is 2. The molecule has 40 heavy (non-hydrogen) atoms. The number of aromatic amines is 1. The first-order chi connectivity index (χ1) is 18.9. The summed E-state index contributed by atoms with van der Waals surface area (Å²) in [6.45, 7) is 1.60. The van der Waals surface area contributed by atoms with Crippen LogP contribution < -0.4 is 25.2 Å². The van der Waals surface area contributed by atoms with E-state index in [1.807, 2.05) is 0 Å². The molecule has 0 radical (unpaired) electrons. The molecule has 0 spiro atoms. The van der Waals surface area contributed by atoms with E-state index in [-0.39, 0.29) is 34.1 Å². The summed E-state index contributed by atoms with van der Waals surface area (Å²) in [4.78, 5) is 12.4. The molecular weight excluding hydrogens is 555 g/mol. The number of alkyl halides is 2. The predicted molar refractivity (Wildman–Crippen MR) is 140 cm³/mol. The van der Waals surface area contributed by atoms with Crippen LogP contribution in [0.25, 0.3) is 11.3 Å². The Morgan fingerprint density at radius 1 is 1.15 bits per heavy atom. The van der Waals surface area contributed by atoms with Crippen molar-refractivity contribution in [2.24, 2.45) is 12.8 Å². The predicted octanol–water partition coefficient (Wildman–Crippen LogP) is 3.90. The van der Waals surface area contributed by atoms with Gasteiger partial charge in [0.1, 0.15) is 34.7 Å². The molecule has 4 aromatic rings. The van der Waals surface area contributed by atoms with Crippen molar-refractivity contribution in [2.45, 2.75) is 18.8 Å². The van der Waals surface area contributed by atoms with Gasteiger partial charge in [0.25, 0.3) is 15.9 Å². The Morgan fingerprint density at radius 2 is 1.85 bits per heavy atom. The summed E-state index contributed by atoms with van der Waals surface area (Å²) >= 11 is 0. The number of rotatable bonds is 11. The van der Waals surface area contributed by atoms with Crippen LogP contribution >= 0.6 is 0 Å². The Morgan fingerprint density at radius 3 is 2.45 bits per heavy atom. The Balaban J connectivity index is 1.75. The van der Waals surface area contributed by atoms with Crippen molar-refractivity contribution in [1.82, 2.24) is 20.0 Å². The number of nitrogens with one attached hydrogen (secondary N) is 3. The van der Waals surface area contributed by atoms with Gasteiger partial charge in [-0.3, -0.25) is 14.6 Å². The van der Waals surface area contributed by atoms with Gasteiger partial charge in [-0.2, -0.15) is 19.0 Å².